The van der Waals surface area contributed by atoms with Crippen molar-refractivity contribution in [3.05, 3.63) is 65.7 Å². The van der Waals surface area contributed by atoms with E-state index >= 15 is 0 Å². The normalized spacial score (nSPS) is 20.7. The number of hydrogen-bond donors (Lipinski definition) is 0. The minimum absolute atomic E-state index is 0.0592. The zero-order chi connectivity index (χ0) is 21.7. The number of benzene rings is 2. The summed E-state index contributed by atoms with van der Waals surface area (Å²) in [6.07, 6.45) is 3.91. The first-order chi connectivity index (χ1) is 15.0. The fraction of sp³-hybridized carbons (Fsp3) is 0.500. The second-order valence-corrected chi connectivity index (χ2v) is 9.06. The molecular weight excluding hydrogens is 388 g/mol. The third-order valence-corrected chi connectivity index (χ3v) is 6.78. The molecule has 0 saturated carbocycles. The van der Waals surface area contributed by atoms with E-state index in [-0.39, 0.29) is 18.1 Å². The highest BCUT2D eigenvalue weighted by Crippen LogP contribution is 2.36. The monoisotopic (exact) mass is 422 g/mol. The maximum absolute atomic E-state index is 12.6. The summed E-state index contributed by atoms with van der Waals surface area (Å²) < 4.78 is 12.0. The van der Waals surface area contributed by atoms with Crippen molar-refractivity contribution in [1.29, 1.82) is 0 Å². The Kier molecular flexibility index (Phi) is 6.93. The van der Waals surface area contributed by atoms with Crippen LogP contribution >= 0.6 is 0 Å². The van der Waals surface area contributed by atoms with Gasteiger partial charge in [0.1, 0.15) is 5.75 Å². The quantitative estimate of drug-likeness (QED) is 0.704. The minimum Gasteiger partial charge on any atom is -0.484 e. The zero-order valence-electron chi connectivity index (χ0n) is 18.8. The molecule has 31 heavy (non-hydrogen) atoms. The van der Waals surface area contributed by atoms with Crippen LogP contribution in [0.5, 0.6) is 5.75 Å². The predicted molar refractivity (Wildman–Crippen MR) is 122 cm³/mol. The van der Waals surface area contributed by atoms with E-state index in [4.69, 9.17) is 9.47 Å². The van der Waals surface area contributed by atoms with Gasteiger partial charge in [0.05, 0.1) is 5.60 Å². The average molecular weight is 423 g/mol. The third-order valence-electron chi connectivity index (χ3n) is 6.78. The van der Waals surface area contributed by atoms with Crippen LogP contribution < -0.4 is 4.74 Å². The second-order valence-electron chi connectivity index (χ2n) is 9.06. The summed E-state index contributed by atoms with van der Waals surface area (Å²) in [5, 5.41) is 0. The molecule has 1 unspecified atom stereocenters. The molecule has 2 aromatic rings. The molecule has 0 radical (unpaired) electrons. The van der Waals surface area contributed by atoms with Crippen molar-refractivity contribution in [2.24, 2.45) is 0 Å². The number of nitrogens with zero attached hydrogens (tertiary/aromatic N) is 2. The van der Waals surface area contributed by atoms with Crippen LogP contribution in [0.3, 0.4) is 0 Å². The summed E-state index contributed by atoms with van der Waals surface area (Å²) in [5.41, 5.74) is 2.43. The van der Waals surface area contributed by atoms with Gasteiger partial charge in [0.25, 0.3) is 5.91 Å². The maximum atomic E-state index is 12.6. The Morgan fingerprint density at radius 2 is 1.84 bits per heavy atom. The van der Waals surface area contributed by atoms with Gasteiger partial charge < -0.3 is 14.4 Å². The second kappa shape index (κ2) is 9.84. The van der Waals surface area contributed by atoms with Crippen LogP contribution in [0.4, 0.5) is 0 Å². The number of hydrogen-bond acceptors (Lipinski definition) is 4. The highest BCUT2D eigenvalue weighted by molar-refractivity contribution is 5.77. The first-order valence-electron chi connectivity index (χ1n) is 11.4. The molecule has 0 bridgehead atoms. The van der Waals surface area contributed by atoms with Crippen LogP contribution in [0.1, 0.15) is 36.8 Å². The van der Waals surface area contributed by atoms with Crippen LogP contribution in [0.2, 0.25) is 0 Å². The molecule has 4 rings (SSSR count). The van der Waals surface area contributed by atoms with Gasteiger partial charge in [0, 0.05) is 32.3 Å². The average Bonchev–Trinajstić information content (AvgIpc) is 2.80. The lowest BCUT2D eigenvalue weighted by Crippen LogP contribution is -2.54. The molecule has 2 aliphatic heterocycles. The van der Waals surface area contributed by atoms with Crippen molar-refractivity contribution in [2.75, 3.05) is 33.4 Å². The lowest BCUT2D eigenvalue weighted by molar-refractivity contribution is -0.150. The number of amides is 1. The topological polar surface area (TPSA) is 42.0 Å². The Morgan fingerprint density at radius 1 is 1.13 bits per heavy atom. The molecular formula is C26H34N2O3. The number of rotatable bonds is 6. The predicted octanol–water partition coefficient (Wildman–Crippen LogP) is 4.05. The Bertz CT molecular complexity index is 845. The molecule has 2 aliphatic rings. The van der Waals surface area contributed by atoms with Crippen molar-refractivity contribution in [2.45, 2.75) is 50.8 Å². The van der Waals surface area contributed by atoms with Gasteiger partial charge in [-0.15, -0.1) is 0 Å². The van der Waals surface area contributed by atoms with Gasteiger partial charge in [-0.3, -0.25) is 9.69 Å². The summed E-state index contributed by atoms with van der Waals surface area (Å²) >= 11 is 0. The first-order valence-corrected chi connectivity index (χ1v) is 11.4. The number of piperidine rings is 1. The van der Waals surface area contributed by atoms with E-state index in [2.05, 4.69) is 42.3 Å². The Balaban J connectivity index is 1.26. The van der Waals surface area contributed by atoms with Gasteiger partial charge >= 0.3 is 0 Å². The van der Waals surface area contributed by atoms with Crippen LogP contribution in [-0.2, 0) is 16.1 Å². The summed E-state index contributed by atoms with van der Waals surface area (Å²) in [6.45, 7) is 5.38. The van der Waals surface area contributed by atoms with Crippen LogP contribution in [-0.4, -0.2) is 60.7 Å². The third kappa shape index (κ3) is 5.66. The van der Waals surface area contributed by atoms with Crippen LogP contribution in [0.25, 0.3) is 0 Å². The van der Waals surface area contributed by atoms with Crippen molar-refractivity contribution in [1.82, 2.24) is 9.80 Å². The zero-order valence-corrected chi connectivity index (χ0v) is 18.8. The van der Waals surface area contributed by atoms with Gasteiger partial charge in [-0.25, -0.2) is 0 Å². The summed E-state index contributed by atoms with van der Waals surface area (Å²) in [6, 6.07) is 19.0. The van der Waals surface area contributed by atoms with E-state index in [0.29, 0.717) is 6.04 Å². The molecule has 0 aliphatic carbocycles. The molecule has 1 spiro atoms. The van der Waals surface area contributed by atoms with Crippen molar-refractivity contribution in [3.8, 4) is 5.75 Å². The summed E-state index contributed by atoms with van der Waals surface area (Å²) in [5.74, 6) is 0.802. The molecule has 2 saturated heterocycles. The molecule has 2 aromatic carbocycles. The van der Waals surface area contributed by atoms with E-state index < -0.39 is 0 Å². The molecule has 2 heterocycles. The van der Waals surface area contributed by atoms with Crippen molar-refractivity contribution < 1.29 is 14.3 Å². The summed E-state index contributed by atoms with van der Waals surface area (Å²) in [4.78, 5) is 17.0. The molecule has 1 amide bonds. The fourth-order valence-electron chi connectivity index (χ4n) is 4.76. The smallest absolute Gasteiger partial charge is 0.260 e. The lowest BCUT2D eigenvalue weighted by Gasteiger charge is -2.48. The first kappa shape index (κ1) is 21.8. The Labute approximate surface area is 185 Å². The van der Waals surface area contributed by atoms with Gasteiger partial charge in [-0.1, -0.05) is 48.0 Å². The molecule has 5 heteroatoms. The number of aryl methyl sites for hydroxylation is 1. The number of carbonyl (C=O) groups is 1. The molecule has 2 fully saturated rings. The van der Waals surface area contributed by atoms with Crippen molar-refractivity contribution in [3.63, 3.8) is 0 Å². The minimum atomic E-state index is -0.0948. The van der Waals surface area contributed by atoms with E-state index in [0.717, 1.165) is 57.7 Å². The largest absolute Gasteiger partial charge is 0.484 e. The van der Waals surface area contributed by atoms with E-state index in [1.165, 1.54) is 11.1 Å². The summed E-state index contributed by atoms with van der Waals surface area (Å²) in [7, 11) is 2.22. The van der Waals surface area contributed by atoms with E-state index in [9.17, 15) is 4.79 Å². The number of carbonyl (C=O) groups excluding carboxylic acids is 1. The number of ether oxygens (including phenoxy) is 2. The molecule has 166 valence electrons. The Hall–Kier alpha value is -2.37. The van der Waals surface area contributed by atoms with Crippen LogP contribution in [0, 0.1) is 6.92 Å². The highest BCUT2D eigenvalue weighted by atomic mass is 16.5. The molecule has 5 nitrogen and oxygen atoms in total. The molecule has 0 N–H and O–H groups in total. The molecule has 0 aromatic heterocycles. The van der Waals surface area contributed by atoms with Gasteiger partial charge in [0.2, 0.25) is 0 Å². The standard InChI is InChI=1S/C26H34N2O3/c1-21-8-10-24(11-9-21)30-20-25(29)28-15-13-26(14-16-28)18-23(12-17-31-26)27(2)19-22-6-4-3-5-7-22/h3-11,23H,12-20H2,1-2H3. The van der Waals surface area contributed by atoms with E-state index in [1.54, 1.807) is 0 Å². The SMILES string of the molecule is Cc1ccc(OCC(=O)N2CCC3(CC2)CC(N(C)Cc2ccccc2)CCO3)cc1. The fourth-order valence-corrected chi connectivity index (χ4v) is 4.76. The van der Waals surface area contributed by atoms with Crippen LogP contribution in [0.15, 0.2) is 54.6 Å². The maximum Gasteiger partial charge on any atom is 0.260 e. The van der Waals surface area contributed by atoms with Gasteiger partial charge in [0.15, 0.2) is 6.61 Å². The molecule has 1 atom stereocenters. The van der Waals surface area contributed by atoms with E-state index in [1.807, 2.05) is 36.1 Å². The number of likely N-dealkylation sites (tertiary alicyclic amines) is 1. The highest BCUT2D eigenvalue weighted by Gasteiger charge is 2.42. The lowest BCUT2D eigenvalue weighted by atomic mass is 9.82. The van der Waals surface area contributed by atoms with Crippen molar-refractivity contribution >= 4 is 5.91 Å². The van der Waals surface area contributed by atoms with Gasteiger partial charge in [-0.05, 0) is 57.4 Å². The Morgan fingerprint density at radius 3 is 2.55 bits per heavy atom. The van der Waals surface area contributed by atoms with Gasteiger partial charge in [-0.2, -0.15) is 0 Å².